The second-order valence-electron chi connectivity index (χ2n) is 2.29. The first-order valence-electron chi connectivity index (χ1n) is 3.26. The van der Waals surface area contributed by atoms with E-state index in [4.69, 9.17) is 16.7 Å². The van der Waals surface area contributed by atoms with Crippen LogP contribution in [0.15, 0.2) is 10.3 Å². The van der Waals surface area contributed by atoms with E-state index in [1.807, 2.05) is 0 Å². The zero-order valence-electron chi connectivity index (χ0n) is 6.98. The van der Waals surface area contributed by atoms with Crippen LogP contribution in [0.25, 0.3) is 0 Å². The Kier molecular flexibility index (Phi) is 3.15. The Morgan fingerprint density at radius 1 is 1.64 bits per heavy atom. The topological polar surface area (TPSA) is 86.5 Å². The van der Waals surface area contributed by atoms with E-state index in [2.05, 4.69) is 4.74 Å². The molecule has 0 aliphatic rings. The normalized spacial score (nSPS) is 11.4. The summed E-state index contributed by atoms with van der Waals surface area (Å²) >= 11 is 6.34. The molecule has 0 fully saturated rings. The Balaban J connectivity index is 3.25. The van der Waals surface area contributed by atoms with Gasteiger partial charge in [-0.15, -0.1) is 11.3 Å². The zero-order chi connectivity index (χ0) is 10.9. The van der Waals surface area contributed by atoms with Crippen molar-refractivity contribution in [1.82, 2.24) is 0 Å². The maximum atomic E-state index is 11.0. The Morgan fingerprint density at radius 3 is 2.57 bits per heavy atom. The number of carbonyl (C=O) groups excluding carboxylic acids is 1. The number of rotatable bonds is 2. The molecular weight excluding hydrogens is 250 g/mol. The van der Waals surface area contributed by atoms with Gasteiger partial charge in [0.2, 0.25) is 10.0 Å². The number of carbonyl (C=O) groups is 1. The second-order valence-corrected chi connectivity index (χ2v) is 5.73. The number of primary sulfonamides is 1. The number of esters is 1. The highest BCUT2D eigenvalue weighted by molar-refractivity contribution is 7.91. The molecule has 0 amide bonds. The average Bonchev–Trinajstić information content (AvgIpc) is 2.45. The summed E-state index contributed by atoms with van der Waals surface area (Å²) in [5, 5.41) is 4.85. The lowest BCUT2D eigenvalue weighted by molar-refractivity contribution is 0.0601. The Labute approximate surface area is 89.5 Å². The second kappa shape index (κ2) is 3.85. The lowest BCUT2D eigenvalue weighted by Crippen LogP contribution is -2.10. The third-order valence-electron chi connectivity index (χ3n) is 1.35. The molecule has 0 bridgehead atoms. The van der Waals surface area contributed by atoms with Crippen LogP contribution in [-0.4, -0.2) is 21.5 Å². The van der Waals surface area contributed by atoms with Crippen molar-refractivity contribution in [2.75, 3.05) is 7.11 Å². The van der Waals surface area contributed by atoms with Crippen molar-refractivity contribution >= 4 is 38.9 Å². The highest BCUT2D eigenvalue weighted by atomic mass is 35.5. The van der Waals surface area contributed by atoms with Gasteiger partial charge in [-0.25, -0.2) is 18.4 Å². The number of halogens is 1. The van der Waals surface area contributed by atoms with Crippen molar-refractivity contribution in [2.45, 2.75) is 4.21 Å². The number of methoxy groups -OCH3 is 1. The molecular formula is C6H6ClNO4S2. The van der Waals surface area contributed by atoms with Crippen LogP contribution in [0.5, 0.6) is 0 Å². The fourth-order valence-corrected chi connectivity index (χ4v) is 2.86. The van der Waals surface area contributed by atoms with Crippen LogP contribution >= 0.6 is 22.9 Å². The number of sulfonamides is 1. The Bertz CT molecular complexity index is 464. The molecule has 78 valence electrons. The molecule has 0 radical (unpaired) electrons. The minimum absolute atomic E-state index is 0.00296. The number of hydrogen-bond donors (Lipinski definition) is 1. The van der Waals surface area contributed by atoms with E-state index in [1.165, 1.54) is 7.11 Å². The molecule has 8 heteroatoms. The first-order chi connectivity index (χ1) is 6.36. The number of nitrogens with two attached hydrogens (primary N) is 1. The van der Waals surface area contributed by atoms with E-state index in [0.29, 0.717) is 11.3 Å². The van der Waals surface area contributed by atoms with Crippen molar-refractivity contribution in [2.24, 2.45) is 5.14 Å². The van der Waals surface area contributed by atoms with Crippen LogP contribution in [0.3, 0.4) is 0 Å². The van der Waals surface area contributed by atoms with Crippen LogP contribution in [0.2, 0.25) is 4.34 Å². The van der Waals surface area contributed by atoms with Gasteiger partial charge in [0.15, 0.2) is 0 Å². The summed E-state index contributed by atoms with van der Waals surface area (Å²) in [4.78, 5) is 11.0. The third kappa shape index (κ3) is 2.24. The van der Waals surface area contributed by atoms with Gasteiger partial charge in [0, 0.05) is 0 Å². The molecule has 1 heterocycles. The summed E-state index contributed by atoms with van der Waals surface area (Å²) < 4.78 is 26.0. The van der Waals surface area contributed by atoms with E-state index in [0.717, 1.165) is 6.07 Å². The SMILES string of the molecule is COC(=O)c1cc(S(N)(=O)=O)sc1Cl. The molecule has 0 aliphatic heterocycles. The molecule has 0 aromatic carbocycles. The quantitative estimate of drug-likeness (QED) is 0.794. The zero-order valence-corrected chi connectivity index (χ0v) is 9.37. The maximum Gasteiger partial charge on any atom is 0.340 e. The maximum absolute atomic E-state index is 11.0. The molecule has 0 spiro atoms. The minimum atomic E-state index is -3.82. The predicted octanol–water partition coefficient (Wildman–Crippen LogP) is 0.835. The Morgan fingerprint density at radius 2 is 2.21 bits per heavy atom. The van der Waals surface area contributed by atoms with Crippen molar-refractivity contribution in [3.8, 4) is 0 Å². The molecule has 5 nitrogen and oxygen atoms in total. The van der Waals surface area contributed by atoms with Crippen molar-refractivity contribution in [3.63, 3.8) is 0 Å². The van der Waals surface area contributed by atoms with Crippen LogP contribution in [0, 0.1) is 0 Å². The highest BCUT2D eigenvalue weighted by Crippen LogP contribution is 2.30. The van der Waals surface area contributed by atoms with E-state index in [1.54, 1.807) is 0 Å². The number of hydrogen-bond acceptors (Lipinski definition) is 5. The lowest BCUT2D eigenvalue weighted by Gasteiger charge is -1.93. The molecule has 2 N–H and O–H groups in total. The minimum Gasteiger partial charge on any atom is -0.465 e. The molecule has 1 aromatic rings. The van der Waals surface area contributed by atoms with Gasteiger partial charge in [0.1, 0.15) is 8.55 Å². The molecule has 0 aliphatic carbocycles. The molecule has 0 saturated heterocycles. The average molecular weight is 256 g/mol. The van der Waals surface area contributed by atoms with Gasteiger partial charge in [-0.3, -0.25) is 0 Å². The summed E-state index contributed by atoms with van der Waals surface area (Å²) in [6, 6.07) is 1.09. The fourth-order valence-electron chi connectivity index (χ4n) is 0.737. The summed E-state index contributed by atoms with van der Waals surface area (Å²) in [6.07, 6.45) is 0. The summed E-state index contributed by atoms with van der Waals surface area (Å²) in [5.74, 6) is -0.693. The van der Waals surface area contributed by atoms with E-state index < -0.39 is 16.0 Å². The summed E-state index contributed by atoms with van der Waals surface area (Å²) in [5.41, 5.74) is 0.00296. The van der Waals surface area contributed by atoms with Gasteiger partial charge in [-0.05, 0) is 6.07 Å². The van der Waals surface area contributed by atoms with Crippen LogP contribution < -0.4 is 5.14 Å². The predicted molar refractivity (Wildman–Crippen MR) is 52.0 cm³/mol. The molecule has 14 heavy (non-hydrogen) atoms. The first kappa shape index (κ1) is 11.4. The van der Waals surface area contributed by atoms with Crippen LogP contribution in [0.4, 0.5) is 0 Å². The fraction of sp³-hybridized carbons (Fsp3) is 0.167. The molecule has 0 atom stereocenters. The largest absolute Gasteiger partial charge is 0.465 e. The van der Waals surface area contributed by atoms with E-state index >= 15 is 0 Å². The standard InChI is InChI=1S/C6H6ClNO4S2/c1-12-6(9)3-2-4(13-5(3)7)14(8,10)11/h2H,1H3,(H2,8,10,11). The van der Waals surface area contributed by atoms with Crippen molar-refractivity contribution in [3.05, 3.63) is 16.0 Å². The van der Waals surface area contributed by atoms with Gasteiger partial charge in [-0.2, -0.15) is 0 Å². The lowest BCUT2D eigenvalue weighted by atomic mass is 10.3. The molecule has 0 saturated carbocycles. The highest BCUT2D eigenvalue weighted by Gasteiger charge is 2.20. The molecule has 1 rings (SSSR count). The van der Waals surface area contributed by atoms with Gasteiger partial charge in [0.25, 0.3) is 0 Å². The molecule has 1 aromatic heterocycles. The van der Waals surface area contributed by atoms with Gasteiger partial charge >= 0.3 is 5.97 Å². The monoisotopic (exact) mass is 255 g/mol. The van der Waals surface area contributed by atoms with Crippen LogP contribution in [-0.2, 0) is 14.8 Å². The van der Waals surface area contributed by atoms with E-state index in [9.17, 15) is 13.2 Å². The van der Waals surface area contributed by atoms with Crippen LogP contribution in [0.1, 0.15) is 10.4 Å². The van der Waals surface area contributed by atoms with Crippen molar-refractivity contribution < 1.29 is 17.9 Å². The smallest absolute Gasteiger partial charge is 0.340 e. The van der Waals surface area contributed by atoms with Gasteiger partial charge in [0.05, 0.1) is 12.7 Å². The Hall–Kier alpha value is -0.630. The number of ether oxygens (including phenoxy) is 1. The number of thiophene rings is 1. The summed E-state index contributed by atoms with van der Waals surface area (Å²) in [7, 11) is -2.65. The van der Waals surface area contributed by atoms with Gasteiger partial charge in [-0.1, -0.05) is 11.6 Å². The van der Waals surface area contributed by atoms with Crippen molar-refractivity contribution in [1.29, 1.82) is 0 Å². The molecule has 0 unspecified atom stereocenters. The first-order valence-corrected chi connectivity index (χ1v) is 6.01. The van der Waals surface area contributed by atoms with Gasteiger partial charge < -0.3 is 4.74 Å². The van der Waals surface area contributed by atoms with E-state index in [-0.39, 0.29) is 14.1 Å². The third-order valence-corrected chi connectivity index (χ3v) is 4.13. The summed E-state index contributed by atoms with van der Waals surface area (Å²) in [6.45, 7) is 0.